The van der Waals surface area contributed by atoms with Crippen molar-refractivity contribution >= 4 is 35.3 Å². The molecule has 1 atom stereocenters. The van der Waals surface area contributed by atoms with Crippen LogP contribution in [0.25, 0.3) is 5.76 Å². The van der Waals surface area contributed by atoms with Gasteiger partial charge in [0.1, 0.15) is 5.25 Å². The standard InChI is InChI=1S/C18H16O2S2/c1-21-18-16(14-10-6-3-7-11-14)20-17(19)15(22-18)12-13-8-4-2-5-9-13/h2-11,15H,12H2,1H3. The van der Waals surface area contributed by atoms with Gasteiger partial charge in [-0.15, -0.1) is 11.8 Å². The van der Waals surface area contributed by atoms with Crippen LogP contribution in [0.4, 0.5) is 0 Å². The molecule has 0 spiro atoms. The van der Waals surface area contributed by atoms with Crippen LogP contribution in [0.5, 0.6) is 0 Å². The summed E-state index contributed by atoms with van der Waals surface area (Å²) in [5, 5.41) is -0.183. The molecular formula is C18H16O2S2. The van der Waals surface area contributed by atoms with E-state index < -0.39 is 0 Å². The van der Waals surface area contributed by atoms with Gasteiger partial charge in [-0.3, -0.25) is 4.79 Å². The van der Waals surface area contributed by atoms with E-state index in [0.29, 0.717) is 12.2 Å². The number of cyclic esters (lactones) is 1. The van der Waals surface area contributed by atoms with Crippen LogP contribution in [0.1, 0.15) is 11.1 Å². The lowest BCUT2D eigenvalue weighted by atomic mass is 10.1. The molecule has 112 valence electrons. The Morgan fingerprint density at radius 2 is 1.68 bits per heavy atom. The molecule has 1 unspecified atom stereocenters. The van der Waals surface area contributed by atoms with Gasteiger partial charge in [0.25, 0.3) is 0 Å². The van der Waals surface area contributed by atoms with E-state index in [1.807, 2.05) is 66.9 Å². The van der Waals surface area contributed by atoms with Crippen LogP contribution in [-0.2, 0) is 16.0 Å². The molecule has 0 saturated heterocycles. The van der Waals surface area contributed by atoms with Crippen molar-refractivity contribution in [1.82, 2.24) is 0 Å². The van der Waals surface area contributed by atoms with Crippen LogP contribution in [0, 0.1) is 0 Å². The van der Waals surface area contributed by atoms with Crippen molar-refractivity contribution in [2.75, 3.05) is 6.26 Å². The molecule has 1 aliphatic heterocycles. The first-order chi connectivity index (χ1) is 10.8. The van der Waals surface area contributed by atoms with Crippen LogP contribution >= 0.6 is 23.5 Å². The Morgan fingerprint density at radius 3 is 2.32 bits per heavy atom. The third-order valence-corrected chi connectivity index (χ3v) is 5.77. The number of benzene rings is 2. The largest absolute Gasteiger partial charge is 0.423 e. The van der Waals surface area contributed by atoms with E-state index in [1.165, 1.54) is 0 Å². The smallest absolute Gasteiger partial charge is 0.325 e. The van der Waals surface area contributed by atoms with Gasteiger partial charge >= 0.3 is 5.97 Å². The number of carbonyl (C=O) groups is 1. The Bertz CT molecular complexity index is 681. The lowest BCUT2D eigenvalue weighted by Crippen LogP contribution is -2.26. The van der Waals surface area contributed by atoms with E-state index in [2.05, 4.69) is 0 Å². The van der Waals surface area contributed by atoms with Gasteiger partial charge < -0.3 is 4.74 Å². The molecule has 0 bridgehead atoms. The van der Waals surface area contributed by atoms with Gasteiger partial charge in [-0.25, -0.2) is 0 Å². The molecule has 0 fully saturated rings. The van der Waals surface area contributed by atoms with Crippen molar-refractivity contribution in [3.63, 3.8) is 0 Å². The fourth-order valence-corrected chi connectivity index (χ4v) is 4.32. The summed E-state index contributed by atoms with van der Waals surface area (Å²) in [7, 11) is 0. The summed E-state index contributed by atoms with van der Waals surface area (Å²) in [6.45, 7) is 0. The summed E-state index contributed by atoms with van der Waals surface area (Å²) in [4.78, 5) is 12.4. The highest BCUT2D eigenvalue weighted by atomic mass is 32.2. The molecule has 22 heavy (non-hydrogen) atoms. The first kappa shape index (κ1) is 15.3. The number of hydrogen-bond acceptors (Lipinski definition) is 4. The maximum absolute atomic E-state index is 12.4. The summed E-state index contributed by atoms with van der Waals surface area (Å²) in [6.07, 6.45) is 2.71. The number of carbonyl (C=O) groups excluding carboxylic acids is 1. The molecule has 0 amide bonds. The van der Waals surface area contributed by atoms with Crippen molar-refractivity contribution < 1.29 is 9.53 Å². The molecule has 2 aromatic rings. The average Bonchev–Trinajstić information content (AvgIpc) is 2.58. The molecule has 0 N–H and O–H groups in total. The molecule has 1 aliphatic rings. The first-order valence-corrected chi connectivity index (χ1v) is 9.14. The van der Waals surface area contributed by atoms with Gasteiger partial charge in [0, 0.05) is 5.56 Å². The predicted octanol–water partition coefficient (Wildman–Crippen LogP) is 4.58. The second kappa shape index (κ2) is 7.07. The minimum absolute atomic E-state index is 0.162. The number of thioether (sulfide) groups is 2. The first-order valence-electron chi connectivity index (χ1n) is 7.04. The summed E-state index contributed by atoms with van der Waals surface area (Å²) < 4.78 is 6.72. The minimum Gasteiger partial charge on any atom is -0.423 e. The Hall–Kier alpha value is -1.65. The SMILES string of the molecule is CSC1=C(c2ccccc2)OC(=O)C(Cc2ccccc2)S1. The summed E-state index contributed by atoms with van der Waals surface area (Å²) >= 11 is 3.24. The lowest BCUT2D eigenvalue weighted by Gasteiger charge is -2.25. The van der Waals surface area contributed by atoms with Gasteiger partial charge in [0.05, 0.1) is 4.24 Å². The molecule has 0 saturated carbocycles. The number of esters is 1. The van der Waals surface area contributed by atoms with E-state index in [0.717, 1.165) is 15.4 Å². The molecular weight excluding hydrogens is 312 g/mol. The van der Waals surface area contributed by atoms with Crippen LogP contribution in [-0.4, -0.2) is 17.5 Å². The van der Waals surface area contributed by atoms with E-state index >= 15 is 0 Å². The lowest BCUT2D eigenvalue weighted by molar-refractivity contribution is -0.136. The Morgan fingerprint density at radius 1 is 1.05 bits per heavy atom. The van der Waals surface area contributed by atoms with Gasteiger partial charge in [-0.2, -0.15) is 0 Å². The van der Waals surface area contributed by atoms with Crippen molar-refractivity contribution in [3.8, 4) is 0 Å². The summed E-state index contributed by atoms with van der Waals surface area (Å²) in [5.41, 5.74) is 2.10. The van der Waals surface area contributed by atoms with Gasteiger partial charge in [0.2, 0.25) is 0 Å². The molecule has 2 nitrogen and oxygen atoms in total. The second-order valence-electron chi connectivity index (χ2n) is 4.90. The van der Waals surface area contributed by atoms with Crippen molar-refractivity contribution in [2.24, 2.45) is 0 Å². The van der Waals surface area contributed by atoms with Crippen molar-refractivity contribution in [1.29, 1.82) is 0 Å². The molecule has 0 radical (unpaired) electrons. The van der Waals surface area contributed by atoms with E-state index in [4.69, 9.17) is 4.74 Å². The zero-order valence-electron chi connectivity index (χ0n) is 12.2. The normalized spacial score (nSPS) is 18.2. The maximum atomic E-state index is 12.4. The Labute approximate surface area is 139 Å². The summed E-state index contributed by atoms with van der Waals surface area (Å²) in [5.74, 6) is 0.526. The zero-order valence-corrected chi connectivity index (χ0v) is 13.8. The highest BCUT2D eigenvalue weighted by Crippen LogP contribution is 2.43. The minimum atomic E-state index is -0.183. The fourth-order valence-electron chi connectivity index (χ4n) is 2.30. The molecule has 0 aliphatic carbocycles. The number of hydrogen-bond donors (Lipinski definition) is 0. The van der Waals surface area contributed by atoms with Gasteiger partial charge in [0.15, 0.2) is 5.76 Å². The van der Waals surface area contributed by atoms with Crippen LogP contribution in [0.3, 0.4) is 0 Å². The van der Waals surface area contributed by atoms with Crippen LogP contribution in [0.15, 0.2) is 64.9 Å². The Kier molecular flexibility index (Phi) is 4.90. The zero-order chi connectivity index (χ0) is 15.4. The van der Waals surface area contributed by atoms with Crippen molar-refractivity contribution in [2.45, 2.75) is 11.7 Å². The van der Waals surface area contributed by atoms with Crippen molar-refractivity contribution in [3.05, 3.63) is 76.0 Å². The molecule has 2 aromatic carbocycles. The van der Waals surface area contributed by atoms with Crippen LogP contribution < -0.4 is 0 Å². The number of ether oxygens (including phenoxy) is 1. The van der Waals surface area contributed by atoms with Gasteiger partial charge in [-0.05, 0) is 18.2 Å². The van der Waals surface area contributed by atoms with Crippen LogP contribution in [0.2, 0.25) is 0 Å². The highest BCUT2D eigenvalue weighted by molar-refractivity contribution is 8.22. The molecule has 4 heteroatoms. The third-order valence-electron chi connectivity index (χ3n) is 3.39. The van der Waals surface area contributed by atoms with E-state index in [9.17, 15) is 4.79 Å². The van der Waals surface area contributed by atoms with Gasteiger partial charge in [-0.1, -0.05) is 72.4 Å². The fraction of sp³-hybridized carbons (Fsp3) is 0.167. The highest BCUT2D eigenvalue weighted by Gasteiger charge is 2.31. The third kappa shape index (κ3) is 3.39. The molecule has 0 aromatic heterocycles. The second-order valence-corrected chi connectivity index (χ2v) is 7.19. The Balaban J connectivity index is 1.85. The topological polar surface area (TPSA) is 26.3 Å². The van der Waals surface area contributed by atoms with E-state index in [1.54, 1.807) is 23.5 Å². The number of rotatable bonds is 4. The monoisotopic (exact) mass is 328 g/mol. The predicted molar refractivity (Wildman–Crippen MR) is 94.5 cm³/mol. The molecule has 3 rings (SSSR count). The average molecular weight is 328 g/mol. The maximum Gasteiger partial charge on any atom is 0.325 e. The summed E-state index contributed by atoms with van der Waals surface area (Å²) in [6, 6.07) is 19.9. The van der Waals surface area contributed by atoms with E-state index in [-0.39, 0.29) is 11.2 Å². The molecule has 1 heterocycles. The quantitative estimate of drug-likeness (QED) is 0.768.